The van der Waals surface area contributed by atoms with E-state index in [9.17, 15) is 4.39 Å². The van der Waals surface area contributed by atoms with E-state index in [1.165, 1.54) is 19.4 Å². The average molecular weight is 338 g/mol. The van der Waals surface area contributed by atoms with Crippen molar-refractivity contribution in [3.63, 3.8) is 0 Å². The lowest BCUT2D eigenvalue weighted by molar-refractivity contribution is 0.206. The molecule has 23 heavy (non-hydrogen) atoms. The minimum atomic E-state index is -1.65. The first-order valence-corrected chi connectivity index (χ1v) is 8.02. The molecule has 0 amide bonds. The van der Waals surface area contributed by atoms with Gasteiger partial charge in [0.05, 0.1) is 0 Å². The van der Waals surface area contributed by atoms with E-state index < -0.39 is 5.67 Å². The molecule has 0 fully saturated rings. The molecule has 0 aliphatic rings. The van der Waals surface area contributed by atoms with Crippen LogP contribution in [0.1, 0.15) is 38.6 Å². The van der Waals surface area contributed by atoms with Crippen molar-refractivity contribution < 1.29 is 4.39 Å². The van der Waals surface area contributed by atoms with Crippen molar-refractivity contribution in [1.82, 2.24) is 19.9 Å². The normalized spacial score (nSPS) is 11.5. The van der Waals surface area contributed by atoms with Gasteiger partial charge in [0.15, 0.2) is 11.5 Å². The second-order valence-electron chi connectivity index (χ2n) is 5.74. The van der Waals surface area contributed by atoms with Gasteiger partial charge in [-0.15, -0.1) is 0 Å². The number of halogens is 2. The van der Waals surface area contributed by atoms with Crippen LogP contribution in [-0.2, 0) is 12.1 Å². The number of rotatable bonds is 7. The molecule has 0 saturated carbocycles. The van der Waals surface area contributed by atoms with Crippen molar-refractivity contribution >= 4 is 17.5 Å². The minimum absolute atomic E-state index is 0.0170. The molecule has 5 nitrogen and oxygen atoms in total. The van der Waals surface area contributed by atoms with Gasteiger partial charge < -0.3 is 4.90 Å². The Labute approximate surface area is 141 Å². The van der Waals surface area contributed by atoms with E-state index in [2.05, 4.69) is 19.9 Å². The summed E-state index contributed by atoms with van der Waals surface area (Å²) in [5.41, 5.74) is -0.423. The summed E-state index contributed by atoms with van der Waals surface area (Å²) in [5, 5.41) is 0.0170. The van der Waals surface area contributed by atoms with E-state index in [1.807, 2.05) is 24.0 Å². The van der Waals surface area contributed by atoms with Crippen LogP contribution in [0.5, 0.6) is 0 Å². The molecule has 124 valence electrons. The number of hydrogen-bond acceptors (Lipinski definition) is 5. The largest absolute Gasteiger partial charge is 0.341 e. The van der Waals surface area contributed by atoms with Crippen molar-refractivity contribution in [2.45, 2.75) is 39.3 Å². The molecular weight excluding hydrogens is 317 g/mol. The van der Waals surface area contributed by atoms with Crippen LogP contribution in [0.3, 0.4) is 0 Å². The van der Waals surface area contributed by atoms with Crippen LogP contribution in [0.2, 0.25) is 5.28 Å². The van der Waals surface area contributed by atoms with E-state index >= 15 is 0 Å². The molecule has 0 aliphatic heterocycles. The van der Waals surface area contributed by atoms with E-state index in [-0.39, 0.29) is 11.1 Å². The molecule has 0 atom stereocenters. The highest BCUT2D eigenvalue weighted by atomic mass is 35.5. The van der Waals surface area contributed by atoms with Crippen LogP contribution in [0.4, 0.5) is 10.3 Å². The molecule has 7 heteroatoms. The topological polar surface area (TPSA) is 54.8 Å². The molecule has 2 heterocycles. The van der Waals surface area contributed by atoms with Crippen LogP contribution in [0.25, 0.3) is 0 Å². The third-order valence-electron chi connectivity index (χ3n) is 3.44. The molecule has 0 saturated heterocycles. The number of hydrogen-bond donors (Lipinski definition) is 0. The zero-order valence-corrected chi connectivity index (χ0v) is 14.4. The zero-order valence-electron chi connectivity index (χ0n) is 13.6. The predicted molar refractivity (Wildman–Crippen MR) is 89.4 cm³/mol. The summed E-state index contributed by atoms with van der Waals surface area (Å²) >= 11 is 5.92. The van der Waals surface area contributed by atoms with Crippen LogP contribution in [-0.4, -0.2) is 33.0 Å². The van der Waals surface area contributed by atoms with Crippen LogP contribution < -0.4 is 4.90 Å². The SMILES string of the molecule is CCN(CCCc1ccncc1)c1nc(Cl)nc(C(C)(C)F)n1. The molecule has 0 radical (unpaired) electrons. The molecule has 2 aromatic heterocycles. The lowest BCUT2D eigenvalue weighted by atomic mass is 10.1. The summed E-state index contributed by atoms with van der Waals surface area (Å²) < 4.78 is 14.1. The van der Waals surface area contributed by atoms with Crippen LogP contribution in [0, 0.1) is 0 Å². The van der Waals surface area contributed by atoms with Gasteiger partial charge in [-0.2, -0.15) is 15.0 Å². The van der Waals surface area contributed by atoms with Gasteiger partial charge in [-0.1, -0.05) is 0 Å². The third kappa shape index (κ3) is 5.10. The molecule has 0 aromatic carbocycles. The fourth-order valence-electron chi connectivity index (χ4n) is 2.17. The first-order valence-electron chi connectivity index (χ1n) is 7.65. The lowest BCUT2D eigenvalue weighted by Crippen LogP contribution is -2.28. The van der Waals surface area contributed by atoms with Crippen molar-refractivity contribution in [1.29, 1.82) is 0 Å². The molecule has 0 bridgehead atoms. The van der Waals surface area contributed by atoms with Crippen molar-refractivity contribution in [2.75, 3.05) is 18.0 Å². The van der Waals surface area contributed by atoms with Gasteiger partial charge in [0.25, 0.3) is 0 Å². The maximum absolute atomic E-state index is 14.1. The van der Waals surface area contributed by atoms with Crippen molar-refractivity contribution in [2.24, 2.45) is 0 Å². The summed E-state index contributed by atoms with van der Waals surface area (Å²) in [6, 6.07) is 4.00. The van der Waals surface area contributed by atoms with Gasteiger partial charge in [0, 0.05) is 25.5 Å². The smallest absolute Gasteiger partial charge is 0.230 e. The molecule has 0 N–H and O–H groups in total. The third-order valence-corrected chi connectivity index (χ3v) is 3.60. The maximum Gasteiger partial charge on any atom is 0.230 e. The van der Waals surface area contributed by atoms with E-state index in [0.717, 1.165) is 19.4 Å². The van der Waals surface area contributed by atoms with E-state index in [1.54, 1.807) is 12.4 Å². The zero-order chi connectivity index (χ0) is 16.9. The monoisotopic (exact) mass is 337 g/mol. The van der Waals surface area contributed by atoms with Gasteiger partial charge >= 0.3 is 0 Å². The highest BCUT2D eigenvalue weighted by Crippen LogP contribution is 2.23. The summed E-state index contributed by atoms with van der Waals surface area (Å²) in [4.78, 5) is 18.2. The van der Waals surface area contributed by atoms with Gasteiger partial charge in [0.2, 0.25) is 11.2 Å². The van der Waals surface area contributed by atoms with E-state index in [4.69, 9.17) is 11.6 Å². The summed E-state index contributed by atoms with van der Waals surface area (Å²) in [6.45, 7) is 6.28. The van der Waals surface area contributed by atoms with Crippen molar-refractivity contribution in [3.05, 3.63) is 41.2 Å². The molecular formula is C16H21ClFN5. The Hall–Kier alpha value is -1.82. The first-order chi connectivity index (χ1) is 10.9. The van der Waals surface area contributed by atoms with Crippen molar-refractivity contribution in [3.8, 4) is 0 Å². The highest BCUT2D eigenvalue weighted by Gasteiger charge is 2.25. The molecule has 2 aromatic rings. The Balaban J connectivity index is 2.07. The number of alkyl halides is 1. The number of pyridine rings is 1. The number of nitrogens with zero attached hydrogens (tertiary/aromatic N) is 5. The fourth-order valence-corrected chi connectivity index (χ4v) is 2.33. The number of anilines is 1. The minimum Gasteiger partial charge on any atom is -0.341 e. The fraction of sp³-hybridized carbons (Fsp3) is 0.500. The number of aryl methyl sites for hydroxylation is 1. The molecule has 0 spiro atoms. The van der Waals surface area contributed by atoms with Crippen LogP contribution >= 0.6 is 11.6 Å². The van der Waals surface area contributed by atoms with Gasteiger partial charge in [0.1, 0.15) is 0 Å². The van der Waals surface area contributed by atoms with Gasteiger partial charge in [-0.05, 0) is 62.9 Å². The second kappa shape index (κ2) is 7.64. The average Bonchev–Trinajstić information content (AvgIpc) is 2.51. The highest BCUT2D eigenvalue weighted by molar-refractivity contribution is 6.28. The number of aromatic nitrogens is 4. The quantitative estimate of drug-likeness (QED) is 0.773. The first kappa shape index (κ1) is 17.5. The van der Waals surface area contributed by atoms with Gasteiger partial charge in [-0.25, -0.2) is 4.39 Å². The van der Waals surface area contributed by atoms with Gasteiger partial charge in [-0.3, -0.25) is 4.98 Å². The Morgan fingerprint density at radius 2 is 1.87 bits per heavy atom. The maximum atomic E-state index is 14.1. The molecule has 0 unspecified atom stereocenters. The summed E-state index contributed by atoms with van der Waals surface area (Å²) in [5.74, 6) is 0.475. The Morgan fingerprint density at radius 3 is 2.48 bits per heavy atom. The lowest BCUT2D eigenvalue weighted by Gasteiger charge is -2.22. The predicted octanol–water partition coefficient (Wildman–Crippen LogP) is 3.58. The Bertz CT molecular complexity index is 630. The van der Waals surface area contributed by atoms with Crippen LogP contribution in [0.15, 0.2) is 24.5 Å². The summed E-state index contributed by atoms with van der Waals surface area (Å²) in [7, 11) is 0. The standard InChI is InChI=1S/C16H21ClFN5/c1-4-23(11-5-6-12-7-9-19-10-8-12)15-21-13(16(2,3)18)20-14(17)22-15/h7-10H,4-6,11H2,1-3H3. The molecule has 0 aliphatic carbocycles. The Morgan fingerprint density at radius 1 is 1.17 bits per heavy atom. The van der Waals surface area contributed by atoms with E-state index in [0.29, 0.717) is 12.5 Å². The summed E-state index contributed by atoms with van der Waals surface area (Å²) in [6.07, 6.45) is 5.43. The second-order valence-corrected chi connectivity index (χ2v) is 6.08. The Kier molecular flexibility index (Phi) is 5.82. The molecule has 2 rings (SSSR count).